The second-order valence-corrected chi connectivity index (χ2v) is 4.45. The van der Waals surface area contributed by atoms with Gasteiger partial charge in [-0.25, -0.2) is 4.39 Å². The Morgan fingerprint density at radius 2 is 1.76 bits per heavy atom. The first-order valence-corrected chi connectivity index (χ1v) is 5.98. The van der Waals surface area contributed by atoms with Crippen LogP contribution in [0.1, 0.15) is 10.4 Å². The maximum Gasteiger partial charge on any atom is 0.573 e. The summed E-state index contributed by atoms with van der Waals surface area (Å²) in [6, 6.07) is 6.53. The van der Waals surface area contributed by atoms with Gasteiger partial charge in [0.25, 0.3) is 0 Å². The smallest absolute Gasteiger partial charge is 0.405 e. The van der Waals surface area contributed by atoms with E-state index in [1.54, 1.807) is 0 Å². The topological polar surface area (TPSA) is 26.3 Å². The van der Waals surface area contributed by atoms with Crippen molar-refractivity contribution in [2.45, 2.75) is 6.36 Å². The Kier molecular flexibility index (Phi) is 4.18. The van der Waals surface area contributed by atoms with E-state index in [1.807, 2.05) is 0 Å². The summed E-state index contributed by atoms with van der Waals surface area (Å²) in [6.07, 6.45) is -4.47. The highest BCUT2D eigenvalue weighted by Crippen LogP contribution is 2.38. The van der Waals surface area contributed by atoms with Gasteiger partial charge in [0.1, 0.15) is 17.9 Å². The lowest BCUT2D eigenvalue weighted by Gasteiger charge is -2.14. The van der Waals surface area contributed by atoms with Crippen LogP contribution in [0, 0.1) is 5.82 Å². The fourth-order valence-electron chi connectivity index (χ4n) is 1.75. The number of benzene rings is 2. The van der Waals surface area contributed by atoms with Crippen LogP contribution in [0.25, 0.3) is 11.1 Å². The highest BCUT2D eigenvalue weighted by atomic mass is 35.5. The summed E-state index contributed by atoms with van der Waals surface area (Å²) in [5.74, 6) is -1.25. The van der Waals surface area contributed by atoms with Crippen LogP contribution in [0.3, 0.4) is 0 Å². The van der Waals surface area contributed by atoms with E-state index >= 15 is 0 Å². The van der Waals surface area contributed by atoms with Crippen molar-refractivity contribution in [1.29, 1.82) is 0 Å². The molecule has 0 fully saturated rings. The Morgan fingerprint density at radius 1 is 1.05 bits per heavy atom. The quantitative estimate of drug-likeness (QED) is 0.597. The van der Waals surface area contributed by atoms with Gasteiger partial charge in [-0.2, -0.15) is 0 Å². The van der Waals surface area contributed by atoms with Crippen LogP contribution < -0.4 is 4.74 Å². The number of ether oxygens (including phenoxy) is 1. The standard InChI is InChI=1S/C14H7ClF4O2/c15-12-3-2-9(16)6-10(12)11-5-8(7-20)1-4-13(11)21-14(17,18)19/h1-7H. The van der Waals surface area contributed by atoms with Crippen molar-refractivity contribution in [3.8, 4) is 16.9 Å². The zero-order valence-electron chi connectivity index (χ0n) is 10.2. The molecule has 0 saturated carbocycles. The fourth-order valence-corrected chi connectivity index (χ4v) is 1.97. The van der Waals surface area contributed by atoms with Crippen LogP contribution in [0.4, 0.5) is 17.6 Å². The van der Waals surface area contributed by atoms with E-state index in [1.165, 1.54) is 6.07 Å². The van der Waals surface area contributed by atoms with Crippen molar-refractivity contribution >= 4 is 17.9 Å². The Bertz CT molecular complexity index is 683. The summed E-state index contributed by atoms with van der Waals surface area (Å²) in [6.45, 7) is 0. The first-order chi connectivity index (χ1) is 9.80. The van der Waals surface area contributed by atoms with E-state index in [-0.39, 0.29) is 21.7 Å². The van der Waals surface area contributed by atoms with Gasteiger partial charge in [-0.1, -0.05) is 11.6 Å². The molecule has 2 aromatic carbocycles. The zero-order valence-corrected chi connectivity index (χ0v) is 11.0. The Hall–Kier alpha value is -2.08. The predicted octanol–water partition coefficient (Wildman–Crippen LogP) is 4.86. The molecule has 0 spiro atoms. The summed E-state index contributed by atoms with van der Waals surface area (Å²) < 4.78 is 54.4. The molecule has 0 unspecified atom stereocenters. The molecule has 21 heavy (non-hydrogen) atoms. The maximum atomic E-state index is 13.3. The molecule has 0 saturated heterocycles. The van der Waals surface area contributed by atoms with Gasteiger partial charge in [0.05, 0.1) is 0 Å². The molecule has 110 valence electrons. The number of carbonyl (C=O) groups excluding carboxylic acids is 1. The lowest BCUT2D eigenvalue weighted by Crippen LogP contribution is -2.17. The lowest BCUT2D eigenvalue weighted by atomic mass is 10.0. The van der Waals surface area contributed by atoms with Crippen molar-refractivity contribution in [3.05, 3.63) is 52.8 Å². The van der Waals surface area contributed by atoms with Gasteiger partial charge < -0.3 is 4.74 Å². The summed E-state index contributed by atoms with van der Waals surface area (Å²) in [5.41, 5.74) is -0.0131. The van der Waals surface area contributed by atoms with Gasteiger partial charge in [0.2, 0.25) is 0 Å². The molecular formula is C14H7ClF4O2. The molecular weight excluding hydrogens is 312 g/mol. The molecule has 0 aliphatic heterocycles. The second kappa shape index (κ2) is 5.73. The van der Waals surface area contributed by atoms with Gasteiger partial charge in [-0.3, -0.25) is 4.79 Å². The number of carbonyl (C=O) groups is 1. The van der Waals surface area contributed by atoms with Gasteiger partial charge in [0.15, 0.2) is 0 Å². The van der Waals surface area contributed by atoms with Crippen LogP contribution in [-0.2, 0) is 0 Å². The number of hydrogen-bond acceptors (Lipinski definition) is 2. The first kappa shape index (κ1) is 15.3. The van der Waals surface area contributed by atoms with Gasteiger partial charge in [-0.05, 0) is 36.4 Å². The van der Waals surface area contributed by atoms with Gasteiger partial charge in [-0.15, -0.1) is 13.2 Å². The average Bonchev–Trinajstić information content (AvgIpc) is 2.40. The highest BCUT2D eigenvalue weighted by Gasteiger charge is 2.32. The second-order valence-electron chi connectivity index (χ2n) is 4.05. The Morgan fingerprint density at radius 3 is 2.38 bits per heavy atom. The van der Waals surface area contributed by atoms with E-state index in [4.69, 9.17) is 11.6 Å². The van der Waals surface area contributed by atoms with E-state index in [0.29, 0.717) is 6.29 Å². The van der Waals surface area contributed by atoms with E-state index < -0.39 is 17.9 Å². The van der Waals surface area contributed by atoms with Crippen molar-refractivity contribution in [1.82, 2.24) is 0 Å². The Labute approximate surface area is 121 Å². The lowest BCUT2D eigenvalue weighted by molar-refractivity contribution is -0.274. The molecule has 0 amide bonds. The monoisotopic (exact) mass is 318 g/mol. The first-order valence-electron chi connectivity index (χ1n) is 5.60. The SMILES string of the molecule is O=Cc1ccc(OC(F)(F)F)c(-c2cc(F)ccc2Cl)c1. The van der Waals surface area contributed by atoms with Gasteiger partial charge >= 0.3 is 6.36 Å². The highest BCUT2D eigenvalue weighted by molar-refractivity contribution is 6.33. The third-order valence-electron chi connectivity index (χ3n) is 2.58. The van der Waals surface area contributed by atoms with E-state index in [9.17, 15) is 22.4 Å². The Balaban J connectivity index is 2.63. The molecule has 0 aliphatic carbocycles. The number of rotatable bonds is 3. The third-order valence-corrected chi connectivity index (χ3v) is 2.91. The van der Waals surface area contributed by atoms with Crippen molar-refractivity contribution < 1.29 is 27.1 Å². The van der Waals surface area contributed by atoms with Crippen LogP contribution in [0.2, 0.25) is 5.02 Å². The number of hydrogen-bond donors (Lipinski definition) is 0. The molecule has 0 aromatic heterocycles. The molecule has 0 radical (unpaired) electrons. The number of alkyl halides is 3. The summed E-state index contributed by atoms with van der Waals surface area (Å²) in [7, 11) is 0. The summed E-state index contributed by atoms with van der Waals surface area (Å²) in [5, 5.41) is 0.0338. The van der Waals surface area contributed by atoms with Crippen LogP contribution in [0.5, 0.6) is 5.75 Å². The largest absolute Gasteiger partial charge is 0.573 e. The van der Waals surface area contributed by atoms with Crippen molar-refractivity contribution in [2.24, 2.45) is 0 Å². The van der Waals surface area contributed by atoms with E-state index in [2.05, 4.69) is 4.74 Å². The summed E-state index contributed by atoms with van der Waals surface area (Å²) >= 11 is 5.88. The minimum absolute atomic E-state index is 0.000355. The van der Waals surface area contributed by atoms with Gasteiger partial charge in [0, 0.05) is 21.7 Å². The molecule has 2 aromatic rings. The molecule has 0 aliphatic rings. The third kappa shape index (κ3) is 3.72. The molecule has 0 bridgehead atoms. The normalized spacial score (nSPS) is 11.3. The zero-order chi connectivity index (χ0) is 15.6. The van der Waals surface area contributed by atoms with Crippen LogP contribution >= 0.6 is 11.6 Å². The molecule has 0 N–H and O–H groups in total. The molecule has 7 heteroatoms. The van der Waals surface area contributed by atoms with E-state index in [0.717, 1.165) is 30.3 Å². The molecule has 2 nitrogen and oxygen atoms in total. The molecule has 2 rings (SSSR count). The number of aldehydes is 1. The minimum Gasteiger partial charge on any atom is -0.405 e. The average molecular weight is 319 g/mol. The minimum atomic E-state index is -4.92. The summed E-state index contributed by atoms with van der Waals surface area (Å²) in [4.78, 5) is 10.8. The predicted molar refractivity (Wildman–Crippen MR) is 68.9 cm³/mol. The van der Waals surface area contributed by atoms with Crippen molar-refractivity contribution in [3.63, 3.8) is 0 Å². The maximum absolute atomic E-state index is 13.3. The number of halogens is 5. The van der Waals surface area contributed by atoms with Crippen LogP contribution in [0.15, 0.2) is 36.4 Å². The van der Waals surface area contributed by atoms with Crippen LogP contribution in [-0.4, -0.2) is 12.6 Å². The molecule has 0 atom stereocenters. The fraction of sp³-hybridized carbons (Fsp3) is 0.0714. The molecule has 0 heterocycles. The van der Waals surface area contributed by atoms with Crippen molar-refractivity contribution in [2.75, 3.05) is 0 Å².